The number of thiol groups is 1. The van der Waals surface area contributed by atoms with E-state index in [4.69, 9.17) is 17.3 Å². The van der Waals surface area contributed by atoms with Crippen LogP contribution in [0.15, 0.2) is 12.1 Å². The van der Waals surface area contributed by atoms with Crippen LogP contribution in [0.5, 0.6) is 0 Å². The number of rotatable bonds is 2. The summed E-state index contributed by atoms with van der Waals surface area (Å²) in [7, 11) is 0. The molecule has 0 fully saturated rings. The predicted octanol–water partition coefficient (Wildman–Crippen LogP) is 2.55. The van der Waals surface area contributed by atoms with Gasteiger partial charge in [0.25, 0.3) is 0 Å². The van der Waals surface area contributed by atoms with E-state index in [1.165, 1.54) is 6.07 Å². The van der Waals surface area contributed by atoms with E-state index in [9.17, 15) is 8.78 Å². The van der Waals surface area contributed by atoms with E-state index in [1.807, 2.05) is 0 Å². The van der Waals surface area contributed by atoms with Crippen LogP contribution in [0, 0.1) is 11.6 Å². The van der Waals surface area contributed by atoms with Gasteiger partial charge in [0.05, 0.1) is 0 Å². The Hall–Kier alpha value is -0.320. The number of hydrogen-bond acceptors (Lipinski definition) is 2. The van der Waals surface area contributed by atoms with Gasteiger partial charge in [0.1, 0.15) is 16.7 Å². The van der Waals surface area contributed by atoms with Crippen LogP contribution in [0.25, 0.3) is 0 Å². The Morgan fingerprint density at radius 3 is 2.62 bits per heavy atom. The van der Waals surface area contributed by atoms with Gasteiger partial charge in [-0.1, -0.05) is 17.7 Å². The zero-order chi connectivity index (χ0) is 10.0. The fraction of sp³-hybridized carbons (Fsp3) is 0.250. The van der Waals surface area contributed by atoms with E-state index in [2.05, 4.69) is 12.6 Å². The molecule has 0 radical (unpaired) electrons. The lowest BCUT2D eigenvalue weighted by Crippen LogP contribution is -2.14. The molecule has 0 amide bonds. The molecular weight excluding hydrogens is 216 g/mol. The van der Waals surface area contributed by atoms with Gasteiger partial charge in [-0.25, -0.2) is 8.78 Å². The molecule has 1 aromatic rings. The number of halogens is 3. The second kappa shape index (κ2) is 4.26. The number of hydrogen-bond donors (Lipinski definition) is 2. The van der Waals surface area contributed by atoms with Crippen LogP contribution in [-0.2, 0) is 0 Å². The maximum absolute atomic E-state index is 13.2. The zero-order valence-electron chi connectivity index (χ0n) is 6.60. The average molecular weight is 224 g/mol. The summed E-state index contributed by atoms with van der Waals surface area (Å²) in [6, 6.07) is 1.79. The van der Waals surface area contributed by atoms with Crippen LogP contribution >= 0.6 is 24.2 Å². The van der Waals surface area contributed by atoms with Crippen LogP contribution in [0.3, 0.4) is 0 Å². The van der Waals surface area contributed by atoms with Crippen molar-refractivity contribution in [2.75, 3.05) is 5.75 Å². The van der Waals surface area contributed by atoms with Crippen molar-refractivity contribution in [1.82, 2.24) is 0 Å². The predicted molar refractivity (Wildman–Crippen MR) is 52.1 cm³/mol. The Kier molecular flexibility index (Phi) is 3.53. The summed E-state index contributed by atoms with van der Waals surface area (Å²) in [5.74, 6) is -1.31. The highest BCUT2D eigenvalue weighted by atomic mass is 35.5. The fourth-order valence-corrected chi connectivity index (χ4v) is 1.29. The Morgan fingerprint density at radius 1 is 1.46 bits per heavy atom. The molecule has 0 aromatic heterocycles. The van der Waals surface area contributed by atoms with Crippen LogP contribution in [0.2, 0.25) is 5.02 Å². The number of nitrogens with two attached hydrogens (primary N) is 1. The van der Waals surface area contributed by atoms with Gasteiger partial charge in [0.2, 0.25) is 0 Å². The maximum Gasteiger partial charge on any atom is 0.149 e. The normalized spacial score (nSPS) is 13.0. The molecule has 13 heavy (non-hydrogen) atoms. The Balaban J connectivity index is 3.18. The minimum atomic E-state index is -0.803. The van der Waals surface area contributed by atoms with Crippen LogP contribution in [0.4, 0.5) is 8.78 Å². The van der Waals surface area contributed by atoms with Crippen molar-refractivity contribution in [2.24, 2.45) is 5.73 Å². The van der Waals surface area contributed by atoms with E-state index in [-0.39, 0.29) is 11.3 Å². The fourth-order valence-electron chi connectivity index (χ4n) is 0.926. The monoisotopic (exact) mass is 223 g/mol. The highest BCUT2D eigenvalue weighted by Gasteiger charge is 2.15. The van der Waals surface area contributed by atoms with Gasteiger partial charge in [0.15, 0.2) is 0 Å². The highest BCUT2D eigenvalue weighted by molar-refractivity contribution is 7.80. The van der Waals surface area contributed by atoms with Gasteiger partial charge in [-0.15, -0.1) is 0 Å². The number of benzene rings is 1. The molecule has 0 saturated carbocycles. The summed E-state index contributed by atoms with van der Waals surface area (Å²) in [6.45, 7) is 0. The van der Waals surface area contributed by atoms with Crippen molar-refractivity contribution in [1.29, 1.82) is 0 Å². The second-order valence-corrected chi connectivity index (χ2v) is 3.30. The maximum atomic E-state index is 13.2. The van der Waals surface area contributed by atoms with Gasteiger partial charge in [-0.3, -0.25) is 0 Å². The molecule has 1 aromatic carbocycles. The molecule has 5 heteroatoms. The molecule has 0 aliphatic rings. The third kappa shape index (κ3) is 2.13. The van der Waals surface area contributed by atoms with Gasteiger partial charge in [0, 0.05) is 17.4 Å². The van der Waals surface area contributed by atoms with Gasteiger partial charge in [-0.05, 0) is 6.07 Å². The van der Waals surface area contributed by atoms with E-state index in [0.29, 0.717) is 0 Å². The Labute approximate surface area is 85.3 Å². The second-order valence-electron chi connectivity index (χ2n) is 2.55. The molecule has 1 unspecified atom stereocenters. The summed E-state index contributed by atoms with van der Waals surface area (Å²) >= 11 is 9.26. The van der Waals surface area contributed by atoms with Crippen molar-refractivity contribution in [3.8, 4) is 0 Å². The van der Waals surface area contributed by atoms with Crippen molar-refractivity contribution in [2.45, 2.75) is 6.04 Å². The molecule has 0 saturated heterocycles. The van der Waals surface area contributed by atoms with Crippen molar-refractivity contribution < 1.29 is 8.78 Å². The van der Waals surface area contributed by atoms with Crippen molar-refractivity contribution in [3.05, 3.63) is 34.4 Å². The average Bonchev–Trinajstić information content (AvgIpc) is 2.13. The molecule has 0 bridgehead atoms. The van der Waals surface area contributed by atoms with Crippen LogP contribution in [-0.4, -0.2) is 5.75 Å². The molecule has 1 nitrogen and oxygen atoms in total. The van der Waals surface area contributed by atoms with Crippen molar-refractivity contribution >= 4 is 24.2 Å². The van der Waals surface area contributed by atoms with E-state index in [1.54, 1.807) is 0 Å². The first kappa shape index (κ1) is 10.8. The molecule has 2 N–H and O–H groups in total. The minimum Gasteiger partial charge on any atom is -0.323 e. The van der Waals surface area contributed by atoms with Crippen LogP contribution in [0.1, 0.15) is 11.6 Å². The molecule has 1 atom stereocenters. The molecule has 0 aliphatic carbocycles. The van der Waals surface area contributed by atoms with E-state index in [0.717, 1.165) is 6.07 Å². The van der Waals surface area contributed by atoms with Gasteiger partial charge in [-0.2, -0.15) is 12.6 Å². The lowest BCUT2D eigenvalue weighted by Gasteiger charge is -2.10. The quantitative estimate of drug-likeness (QED) is 0.585. The largest absolute Gasteiger partial charge is 0.323 e. The van der Waals surface area contributed by atoms with E-state index >= 15 is 0 Å². The standard InChI is InChI=1S/C8H8ClF2NS/c9-7-5(10)2-1-4(8(7)11)6(12)3-13/h1-2,6,13H,3,12H2. The zero-order valence-corrected chi connectivity index (χ0v) is 8.25. The lowest BCUT2D eigenvalue weighted by molar-refractivity contribution is 0.564. The van der Waals surface area contributed by atoms with Gasteiger partial charge < -0.3 is 5.73 Å². The first-order valence-corrected chi connectivity index (χ1v) is 4.58. The molecule has 0 aliphatic heterocycles. The van der Waals surface area contributed by atoms with E-state index < -0.39 is 22.7 Å². The van der Waals surface area contributed by atoms with Crippen LogP contribution < -0.4 is 5.73 Å². The lowest BCUT2D eigenvalue weighted by atomic mass is 10.1. The molecule has 72 valence electrons. The minimum absolute atomic E-state index is 0.182. The first-order chi connectivity index (χ1) is 6.07. The summed E-state index contributed by atoms with van der Waals surface area (Å²) in [5.41, 5.74) is 5.70. The smallest absolute Gasteiger partial charge is 0.149 e. The summed E-state index contributed by atoms with van der Waals surface area (Å²) in [4.78, 5) is 0. The Bertz CT molecular complexity index is 319. The van der Waals surface area contributed by atoms with Crippen molar-refractivity contribution in [3.63, 3.8) is 0 Å². The molecular formula is C8H8ClF2NS. The summed E-state index contributed by atoms with van der Waals surface area (Å²) in [5, 5.41) is -0.519. The summed E-state index contributed by atoms with van der Waals surface area (Å²) < 4.78 is 25.9. The molecule has 1 rings (SSSR count). The molecule has 0 spiro atoms. The SMILES string of the molecule is NC(CS)c1ccc(F)c(Cl)c1F. The topological polar surface area (TPSA) is 26.0 Å². The van der Waals surface area contributed by atoms with Gasteiger partial charge >= 0.3 is 0 Å². The third-order valence-electron chi connectivity index (χ3n) is 1.66. The third-order valence-corrected chi connectivity index (χ3v) is 2.40. The molecule has 0 heterocycles. The summed E-state index contributed by atoms with van der Waals surface area (Å²) in [6.07, 6.45) is 0. The first-order valence-electron chi connectivity index (χ1n) is 3.57. The Morgan fingerprint density at radius 2 is 2.08 bits per heavy atom. The highest BCUT2D eigenvalue weighted by Crippen LogP contribution is 2.25.